The zero-order valence-electron chi connectivity index (χ0n) is 9.24. The van der Waals surface area contributed by atoms with Gasteiger partial charge in [-0.2, -0.15) is 17.9 Å². The number of hydrogen-bond acceptors (Lipinski definition) is 3. The monoisotopic (exact) mass is 276 g/mol. The number of aryl methyl sites for hydroxylation is 1. The molecule has 0 aliphatic carbocycles. The highest BCUT2D eigenvalue weighted by atomic mass is 35.5. The number of nitrogens with zero attached hydrogens (tertiary/aromatic N) is 4. The van der Waals surface area contributed by atoms with E-state index in [1.165, 1.54) is 10.7 Å². The molecule has 0 bridgehead atoms. The van der Waals surface area contributed by atoms with Crippen molar-refractivity contribution < 1.29 is 13.2 Å². The van der Waals surface area contributed by atoms with Crippen LogP contribution in [0.4, 0.5) is 13.2 Å². The van der Waals surface area contributed by atoms with Gasteiger partial charge in [0.1, 0.15) is 0 Å². The first kappa shape index (κ1) is 12.8. The third-order valence-electron chi connectivity index (χ3n) is 2.42. The first-order valence-electron chi connectivity index (χ1n) is 4.95. The number of halogens is 4. The number of tetrazole rings is 1. The second-order valence-corrected chi connectivity index (χ2v) is 3.91. The molecule has 0 amide bonds. The summed E-state index contributed by atoms with van der Waals surface area (Å²) in [5.41, 5.74) is 0.145. The van der Waals surface area contributed by atoms with Crippen molar-refractivity contribution in [3.05, 3.63) is 35.2 Å². The molecule has 4 nitrogen and oxygen atoms in total. The summed E-state index contributed by atoms with van der Waals surface area (Å²) in [5.74, 6) is 0.307. The molecule has 2 aromatic rings. The van der Waals surface area contributed by atoms with Crippen LogP contribution in [0.3, 0.4) is 0 Å². The lowest BCUT2D eigenvalue weighted by atomic mass is 10.1. The van der Waals surface area contributed by atoms with Crippen molar-refractivity contribution >= 4 is 11.6 Å². The molecule has 1 aromatic heterocycles. The van der Waals surface area contributed by atoms with Crippen LogP contribution in [0.15, 0.2) is 18.2 Å². The zero-order chi connectivity index (χ0) is 13.3. The van der Waals surface area contributed by atoms with E-state index in [1.807, 2.05) is 0 Å². The molecule has 0 fully saturated rings. The highest BCUT2D eigenvalue weighted by Crippen LogP contribution is 2.31. The van der Waals surface area contributed by atoms with Crippen LogP contribution in [-0.4, -0.2) is 20.2 Å². The second-order valence-electron chi connectivity index (χ2n) is 3.64. The predicted molar refractivity (Wildman–Crippen MR) is 58.5 cm³/mol. The van der Waals surface area contributed by atoms with E-state index in [1.54, 1.807) is 6.92 Å². The van der Waals surface area contributed by atoms with Gasteiger partial charge in [-0.3, -0.25) is 0 Å². The molecule has 1 aromatic carbocycles. The smallest absolute Gasteiger partial charge is 0.196 e. The predicted octanol–water partition coefficient (Wildman–Crippen LogP) is 2.73. The second kappa shape index (κ2) is 4.56. The molecule has 0 N–H and O–H groups in total. The summed E-state index contributed by atoms with van der Waals surface area (Å²) in [4.78, 5) is 0. The Hall–Kier alpha value is -1.63. The number of hydrogen-bond donors (Lipinski definition) is 0. The average Bonchev–Trinajstić information content (AvgIpc) is 2.76. The highest BCUT2D eigenvalue weighted by Gasteiger charge is 2.31. The summed E-state index contributed by atoms with van der Waals surface area (Å²) in [6, 6.07) is 3.39. The lowest BCUT2D eigenvalue weighted by molar-refractivity contribution is -0.137. The molecule has 2 rings (SSSR count). The summed E-state index contributed by atoms with van der Waals surface area (Å²) in [7, 11) is 0. The van der Waals surface area contributed by atoms with Gasteiger partial charge in [-0.05, 0) is 35.0 Å². The van der Waals surface area contributed by atoms with Gasteiger partial charge in [0.05, 0.1) is 17.1 Å². The van der Waals surface area contributed by atoms with E-state index >= 15 is 0 Å². The fourth-order valence-corrected chi connectivity index (χ4v) is 1.66. The Labute approximate surface area is 105 Å². The largest absolute Gasteiger partial charge is 0.416 e. The summed E-state index contributed by atoms with van der Waals surface area (Å²) >= 11 is 5.62. The summed E-state index contributed by atoms with van der Waals surface area (Å²) in [5, 5.41) is 10.7. The maximum Gasteiger partial charge on any atom is 0.416 e. The van der Waals surface area contributed by atoms with Gasteiger partial charge >= 0.3 is 6.18 Å². The van der Waals surface area contributed by atoms with Gasteiger partial charge in [-0.1, -0.05) is 6.07 Å². The van der Waals surface area contributed by atoms with Crippen LogP contribution in [0, 0.1) is 6.92 Å². The van der Waals surface area contributed by atoms with E-state index in [2.05, 4.69) is 15.5 Å². The Bertz CT molecular complexity index is 564. The Morgan fingerprint density at radius 3 is 2.67 bits per heavy atom. The van der Waals surface area contributed by atoms with E-state index in [9.17, 15) is 13.2 Å². The average molecular weight is 277 g/mol. The van der Waals surface area contributed by atoms with Crippen LogP contribution in [-0.2, 0) is 12.1 Å². The molecule has 0 saturated carbocycles. The van der Waals surface area contributed by atoms with Crippen molar-refractivity contribution in [3.63, 3.8) is 0 Å². The highest BCUT2D eigenvalue weighted by molar-refractivity contribution is 6.16. The molecule has 0 atom stereocenters. The number of rotatable bonds is 2. The van der Waals surface area contributed by atoms with Crippen LogP contribution in [0.1, 0.15) is 17.0 Å². The molecule has 96 valence electrons. The van der Waals surface area contributed by atoms with Crippen molar-refractivity contribution in [2.24, 2.45) is 0 Å². The van der Waals surface area contributed by atoms with Crippen molar-refractivity contribution in [2.45, 2.75) is 19.0 Å². The van der Waals surface area contributed by atoms with Gasteiger partial charge in [0.2, 0.25) is 0 Å². The van der Waals surface area contributed by atoms with Crippen LogP contribution in [0.25, 0.3) is 5.69 Å². The SMILES string of the molecule is Cc1ccc(C(F)(F)F)cc1-n1nnnc1CCl. The fourth-order valence-electron chi connectivity index (χ4n) is 1.49. The maximum absolute atomic E-state index is 12.6. The minimum Gasteiger partial charge on any atom is -0.196 e. The van der Waals surface area contributed by atoms with Crippen molar-refractivity contribution in [1.29, 1.82) is 0 Å². The Kier molecular flexibility index (Phi) is 3.25. The Balaban J connectivity index is 2.57. The van der Waals surface area contributed by atoms with Crippen LogP contribution in [0.2, 0.25) is 0 Å². The van der Waals surface area contributed by atoms with E-state index < -0.39 is 11.7 Å². The van der Waals surface area contributed by atoms with Crippen LogP contribution < -0.4 is 0 Å². The van der Waals surface area contributed by atoms with E-state index in [4.69, 9.17) is 11.6 Å². The normalized spacial score (nSPS) is 11.8. The molecule has 0 aliphatic heterocycles. The van der Waals surface area contributed by atoms with E-state index in [0.29, 0.717) is 11.4 Å². The number of aromatic nitrogens is 4. The molecule has 1 heterocycles. The lowest BCUT2D eigenvalue weighted by Gasteiger charge is -2.11. The van der Waals surface area contributed by atoms with Gasteiger partial charge in [-0.25, -0.2) is 0 Å². The molecule has 18 heavy (non-hydrogen) atoms. The molecule has 8 heteroatoms. The first-order valence-corrected chi connectivity index (χ1v) is 5.48. The van der Waals surface area contributed by atoms with Crippen LogP contribution >= 0.6 is 11.6 Å². The minimum atomic E-state index is -4.41. The van der Waals surface area contributed by atoms with Gasteiger partial charge in [0.15, 0.2) is 5.82 Å². The molecule has 0 radical (unpaired) electrons. The molecule has 0 aliphatic rings. The first-order chi connectivity index (χ1) is 8.43. The standard InChI is InChI=1S/C10H8ClF3N4/c1-6-2-3-7(10(12,13)14)4-8(6)18-9(5-11)15-16-17-18/h2-4H,5H2,1H3. The van der Waals surface area contributed by atoms with Gasteiger partial charge in [-0.15, -0.1) is 16.7 Å². The third kappa shape index (κ3) is 2.31. The summed E-state index contributed by atoms with van der Waals surface area (Å²) in [6.07, 6.45) is -4.41. The van der Waals surface area contributed by atoms with E-state index in [0.717, 1.165) is 12.1 Å². The fraction of sp³-hybridized carbons (Fsp3) is 0.300. The number of benzene rings is 1. The lowest BCUT2D eigenvalue weighted by Crippen LogP contribution is -2.09. The van der Waals surface area contributed by atoms with Gasteiger partial charge in [0, 0.05) is 0 Å². The quantitative estimate of drug-likeness (QED) is 0.792. The third-order valence-corrected chi connectivity index (χ3v) is 2.66. The van der Waals surface area contributed by atoms with Crippen molar-refractivity contribution in [2.75, 3.05) is 0 Å². The van der Waals surface area contributed by atoms with Gasteiger partial charge < -0.3 is 0 Å². The van der Waals surface area contributed by atoms with Gasteiger partial charge in [0.25, 0.3) is 0 Å². The summed E-state index contributed by atoms with van der Waals surface area (Å²) in [6.45, 7) is 1.68. The number of alkyl halides is 4. The minimum absolute atomic E-state index is 0.0166. The molecular weight excluding hydrogens is 269 g/mol. The maximum atomic E-state index is 12.6. The molecule has 0 saturated heterocycles. The van der Waals surface area contributed by atoms with E-state index in [-0.39, 0.29) is 11.6 Å². The molecule has 0 spiro atoms. The van der Waals surface area contributed by atoms with Crippen molar-refractivity contribution in [1.82, 2.24) is 20.2 Å². The topological polar surface area (TPSA) is 43.6 Å². The molecular formula is C10H8ClF3N4. The summed E-state index contributed by atoms with van der Waals surface area (Å²) < 4.78 is 39.1. The zero-order valence-corrected chi connectivity index (χ0v) is 10.00. The van der Waals surface area contributed by atoms with Crippen molar-refractivity contribution in [3.8, 4) is 5.69 Å². The Morgan fingerprint density at radius 2 is 2.06 bits per heavy atom. The van der Waals surface area contributed by atoms with Crippen LogP contribution in [0.5, 0.6) is 0 Å². The Morgan fingerprint density at radius 1 is 1.33 bits per heavy atom. The molecule has 0 unspecified atom stereocenters.